The number of carbonyl (C=O) groups is 2. The molecule has 1 N–H and O–H groups in total. The van der Waals surface area contributed by atoms with Crippen molar-refractivity contribution < 1.29 is 19.4 Å². The van der Waals surface area contributed by atoms with Crippen LogP contribution in [-0.2, 0) is 9.53 Å². The molecule has 1 aliphatic heterocycles. The first-order valence-electron chi connectivity index (χ1n) is 7.61. The average molecular weight is 298 g/mol. The smallest absolute Gasteiger partial charge is 0.410 e. The SMILES string of the molecule is CN(C1CC1)[C@@H]1CCN(C(=O)OC(C)(C)C)C[C@@H]1C(=O)O. The Kier molecular flexibility index (Phi) is 4.46. The molecule has 0 aromatic rings. The summed E-state index contributed by atoms with van der Waals surface area (Å²) in [5, 5.41) is 9.49. The number of carboxylic acid groups (broad SMARTS) is 1. The predicted molar refractivity (Wildman–Crippen MR) is 78.1 cm³/mol. The maximum absolute atomic E-state index is 12.1. The number of carboxylic acids is 1. The molecule has 120 valence electrons. The van der Waals surface area contributed by atoms with E-state index in [1.54, 1.807) is 0 Å². The van der Waals surface area contributed by atoms with Gasteiger partial charge in [0.05, 0.1) is 5.92 Å². The van der Waals surface area contributed by atoms with Gasteiger partial charge in [0.1, 0.15) is 5.60 Å². The fourth-order valence-electron chi connectivity index (χ4n) is 2.91. The van der Waals surface area contributed by atoms with Crippen LogP contribution in [0.5, 0.6) is 0 Å². The molecular formula is C15H26N2O4. The van der Waals surface area contributed by atoms with Gasteiger partial charge in [0.15, 0.2) is 0 Å². The summed E-state index contributed by atoms with van der Waals surface area (Å²) >= 11 is 0. The van der Waals surface area contributed by atoms with Crippen molar-refractivity contribution in [2.45, 2.75) is 57.7 Å². The van der Waals surface area contributed by atoms with Gasteiger partial charge in [0.2, 0.25) is 0 Å². The minimum Gasteiger partial charge on any atom is -0.481 e. The summed E-state index contributed by atoms with van der Waals surface area (Å²) in [4.78, 5) is 27.4. The standard InChI is InChI=1S/C15H26N2O4/c1-15(2,3)21-14(20)17-8-7-12(11(9-17)13(18)19)16(4)10-5-6-10/h10-12H,5-9H2,1-4H3,(H,18,19)/t11-,12+/m0/s1. The molecular weight excluding hydrogens is 272 g/mol. The van der Waals surface area contributed by atoms with Crippen molar-refractivity contribution in [3.05, 3.63) is 0 Å². The number of carbonyl (C=O) groups excluding carboxylic acids is 1. The molecule has 0 aromatic heterocycles. The molecule has 6 nitrogen and oxygen atoms in total. The van der Waals surface area contributed by atoms with E-state index in [1.165, 1.54) is 4.90 Å². The largest absolute Gasteiger partial charge is 0.481 e. The van der Waals surface area contributed by atoms with Crippen molar-refractivity contribution in [2.75, 3.05) is 20.1 Å². The third-order valence-electron chi connectivity index (χ3n) is 4.19. The molecule has 6 heteroatoms. The van der Waals surface area contributed by atoms with E-state index in [1.807, 2.05) is 27.8 Å². The Morgan fingerprint density at radius 3 is 2.33 bits per heavy atom. The maximum atomic E-state index is 12.1. The molecule has 2 atom stereocenters. The minimum absolute atomic E-state index is 0.00804. The number of hydrogen-bond donors (Lipinski definition) is 1. The Morgan fingerprint density at radius 2 is 1.86 bits per heavy atom. The van der Waals surface area contributed by atoms with Gasteiger partial charge >= 0.3 is 12.1 Å². The van der Waals surface area contributed by atoms with Gasteiger partial charge in [-0.2, -0.15) is 0 Å². The zero-order valence-electron chi connectivity index (χ0n) is 13.3. The van der Waals surface area contributed by atoms with Crippen molar-refractivity contribution in [3.8, 4) is 0 Å². The van der Waals surface area contributed by atoms with Gasteiger partial charge in [0, 0.05) is 25.2 Å². The predicted octanol–water partition coefficient (Wildman–Crippen LogP) is 1.79. The van der Waals surface area contributed by atoms with Gasteiger partial charge in [-0.05, 0) is 47.1 Å². The Labute approximate surface area is 126 Å². The zero-order valence-corrected chi connectivity index (χ0v) is 13.3. The second-order valence-corrected chi connectivity index (χ2v) is 7.12. The highest BCUT2D eigenvalue weighted by Crippen LogP contribution is 2.32. The number of rotatable bonds is 3. The van der Waals surface area contributed by atoms with Crippen molar-refractivity contribution >= 4 is 12.1 Å². The molecule has 0 radical (unpaired) electrons. The first-order chi connectivity index (χ1) is 9.69. The molecule has 0 bridgehead atoms. The van der Waals surface area contributed by atoms with Crippen molar-refractivity contribution in [1.29, 1.82) is 0 Å². The van der Waals surface area contributed by atoms with Crippen LogP contribution in [0.4, 0.5) is 4.79 Å². The highest BCUT2D eigenvalue weighted by atomic mass is 16.6. The third-order valence-corrected chi connectivity index (χ3v) is 4.19. The quantitative estimate of drug-likeness (QED) is 0.860. The molecule has 21 heavy (non-hydrogen) atoms. The van der Waals surface area contributed by atoms with E-state index in [9.17, 15) is 14.7 Å². The van der Waals surface area contributed by atoms with Gasteiger partial charge in [0.25, 0.3) is 0 Å². The van der Waals surface area contributed by atoms with Crippen LogP contribution >= 0.6 is 0 Å². The number of piperidine rings is 1. The third kappa shape index (κ3) is 4.09. The van der Waals surface area contributed by atoms with Crippen molar-refractivity contribution in [1.82, 2.24) is 9.80 Å². The Hall–Kier alpha value is -1.30. The van der Waals surface area contributed by atoms with Gasteiger partial charge in [-0.25, -0.2) is 4.79 Å². The second kappa shape index (κ2) is 5.83. The number of amides is 1. The van der Waals surface area contributed by atoms with Gasteiger partial charge < -0.3 is 14.7 Å². The number of ether oxygens (including phenoxy) is 1. The van der Waals surface area contributed by atoms with E-state index in [4.69, 9.17) is 4.74 Å². The molecule has 2 aliphatic rings. The normalized spacial score (nSPS) is 26.8. The maximum Gasteiger partial charge on any atom is 0.410 e. The summed E-state index contributed by atoms with van der Waals surface area (Å²) in [7, 11) is 2.00. The molecule has 0 unspecified atom stereocenters. The lowest BCUT2D eigenvalue weighted by Crippen LogP contribution is -2.55. The summed E-state index contributed by atoms with van der Waals surface area (Å²) in [5.74, 6) is -1.38. The Bertz CT molecular complexity index is 414. The second-order valence-electron chi connectivity index (χ2n) is 7.12. The van der Waals surface area contributed by atoms with Crippen LogP contribution < -0.4 is 0 Å². The number of nitrogens with zero attached hydrogens (tertiary/aromatic N) is 2. The fraction of sp³-hybridized carbons (Fsp3) is 0.867. The topological polar surface area (TPSA) is 70.1 Å². The lowest BCUT2D eigenvalue weighted by Gasteiger charge is -2.41. The van der Waals surface area contributed by atoms with Crippen LogP contribution in [0.25, 0.3) is 0 Å². The highest BCUT2D eigenvalue weighted by Gasteiger charge is 2.42. The van der Waals surface area contributed by atoms with E-state index in [2.05, 4.69) is 4.90 Å². The van der Waals surface area contributed by atoms with Crippen LogP contribution in [0.15, 0.2) is 0 Å². The van der Waals surface area contributed by atoms with Crippen LogP contribution in [0, 0.1) is 5.92 Å². The first-order valence-corrected chi connectivity index (χ1v) is 7.61. The summed E-state index contributed by atoms with van der Waals surface area (Å²) in [5.41, 5.74) is -0.558. The molecule has 1 saturated heterocycles. The Balaban J connectivity index is 2.01. The van der Waals surface area contributed by atoms with Gasteiger partial charge in [-0.1, -0.05) is 0 Å². The summed E-state index contributed by atoms with van der Waals surface area (Å²) < 4.78 is 5.34. The molecule has 1 aliphatic carbocycles. The molecule has 0 spiro atoms. The van der Waals surface area contributed by atoms with Crippen LogP contribution in [0.2, 0.25) is 0 Å². The molecule has 2 fully saturated rings. The lowest BCUT2D eigenvalue weighted by atomic mass is 9.91. The van der Waals surface area contributed by atoms with Gasteiger partial charge in [-0.15, -0.1) is 0 Å². The average Bonchev–Trinajstić information content (AvgIpc) is 3.19. The number of hydrogen-bond acceptors (Lipinski definition) is 4. The Morgan fingerprint density at radius 1 is 1.24 bits per heavy atom. The zero-order chi connectivity index (χ0) is 15.8. The summed E-state index contributed by atoms with van der Waals surface area (Å²) in [6.07, 6.45) is 2.56. The number of likely N-dealkylation sites (tertiary alicyclic amines) is 1. The van der Waals surface area contributed by atoms with Crippen LogP contribution in [-0.4, -0.2) is 64.8 Å². The first kappa shape index (κ1) is 16.1. The van der Waals surface area contributed by atoms with E-state index in [-0.39, 0.29) is 12.6 Å². The van der Waals surface area contributed by atoms with E-state index in [0.29, 0.717) is 19.0 Å². The minimum atomic E-state index is -0.833. The molecule has 1 heterocycles. The molecule has 2 rings (SSSR count). The lowest BCUT2D eigenvalue weighted by molar-refractivity contribution is -0.146. The molecule has 1 amide bonds. The summed E-state index contributed by atoms with van der Waals surface area (Å²) in [6.45, 7) is 6.22. The highest BCUT2D eigenvalue weighted by molar-refractivity contribution is 5.74. The number of aliphatic carboxylic acids is 1. The van der Waals surface area contributed by atoms with E-state index < -0.39 is 23.6 Å². The van der Waals surface area contributed by atoms with Crippen molar-refractivity contribution in [2.24, 2.45) is 5.92 Å². The monoisotopic (exact) mass is 298 g/mol. The summed E-state index contributed by atoms with van der Waals surface area (Å²) in [6, 6.07) is 0.526. The van der Waals surface area contributed by atoms with Crippen LogP contribution in [0.1, 0.15) is 40.0 Å². The molecule has 0 aromatic carbocycles. The van der Waals surface area contributed by atoms with Crippen molar-refractivity contribution in [3.63, 3.8) is 0 Å². The van der Waals surface area contributed by atoms with Gasteiger partial charge in [-0.3, -0.25) is 9.69 Å². The van der Waals surface area contributed by atoms with E-state index >= 15 is 0 Å². The van der Waals surface area contributed by atoms with Crippen LogP contribution in [0.3, 0.4) is 0 Å². The molecule has 1 saturated carbocycles. The fourth-order valence-corrected chi connectivity index (χ4v) is 2.91. The van der Waals surface area contributed by atoms with E-state index in [0.717, 1.165) is 12.8 Å².